The largest absolute Gasteiger partial charge is 0.352 e. The molecule has 25 heavy (non-hydrogen) atoms. The third-order valence-corrected chi connectivity index (χ3v) is 3.71. The van der Waals surface area contributed by atoms with Gasteiger partial charge in [-0.3, -0.25) is 4.79 Å². The molecule has 0 aliphatic carbocycles. The first-order valence-electron chi connectivity index (χ1n) is 8.01. The van der Waals surface area contributed by atoms with E-state index in [2.05, 4.69) is 15.5 Å². The van der Waals surface area contributed by atoms with Crippen LogP contribution in [-0.2, 0) is 17.8 Å². The minimum atomic E-state index is -0.295. The monoisotopic (exact) mass is 339 g/mol. The quantitative estimate of drug-likeness (QED) is 0.747. The minimum absolute atomic E-state index is 0.125. The maximum Gasteiger partial charge on any atom is 0.227 e. The standard InChI is InChI=1S/C19H18FN3O2/c1-13-3-2-4-15(11-13)19-22-18(25-23-19)10-9-17(24)21-12-14-5-7-16(20)8-6-14/h2-8,11H,9-10,12H2,1H3,(H,21,24). The van der Waals surface area contributed by atoms with Crippen LogP contribution in [0.4, 0.5) is 4.39 Å². The summed E-state index contributed by atoms with van der Waals surface area (Å²) in [5.41, 5.74) is 2.84. The molecule has 0 unspecified atom stereocenters. The Morgan fingerprint density at radius 3 is 2.76 bits per heavy atom. The molecule has 1 amide bonds. The van der Waals surface area contributed by atoms with Gasteiger partial charge in [-0.05, 0) is 30.7 Å². The van der Waals surface area contributed by atoms with Crippen LogP contribution in [0.3, 0.4) is 0 Å². The van der Waals surface area contributed by atoms with Crippen molar-refractivity contribution < 1.29 is 13.7 Å². The van der Waals surface area contributed by atoms with Gasteiger partial charge in [0.1, 0.15) is 5.82 Å². The molecule has 3 rings (SSSR count). The molecular weight excluding hydrogens is 321 g/mol. The topological polar surface area (TPSA) is 68.0 Å². The average Bonchev–Trinajstić information content (AvgIpc) is 3.08. The van der Waals surface area contributed by atoms with Gasteiger partial charge in [0.2, 0.25) is 17.6 Å². The normalized spacial score (nSPS) is 10.6. The van der Waals surface area contributed by atoms with Crippen molar-refractivity contribution in [3.8, 4) is 11.4 Å². The molecule has 1 aromatic heterocycles. The van der Waals surface area contributed by atoms with Gasteiger partial charge >= 0.3 is 0 Å². The van der Waals surface area contributed by atoms with E-state index in [0.717, 1.165) is 16.7 Å². The van der Waals surface area contributed by atoms with Crippen LogP contribution in [0.5, 0.6) is 0 Å². The van der Waals surface area contributed by atoms with Crippen molar-refractivity contribution >= 4 is 5.91 Å². The summed E-state index contributed by atoms with van der Waals surface area (Å²) in [6.07, 6.45) is 0.616. The number of nitrogens with zero attached hydrogens (tertiary/aromatic N) is 2. The van der Waals surface area contributed by atoms with Crippen molar-refractivity contribution in [2.45, 2.75) is 26.3 Å². The van der Waals surface area contributed by atoms with E-state index in [1.165, 1.54) is 12.1 Å². The lowest BCUT2D eigenvalue weighted by molar-refractivity contribution is -0.121. The number of rotatable bonds is 6. The summed E-state index contributed by atoms with van der Waals surface area (Å²) in [7, 11) is 0. The highest BCUT2D eigenvalue weighted by atomic mass is 19.1. The van der Waals surface area contributed by atoms with Crippen molar-refractivity contribution in [2.75, 3.05) is 0 Å². The SMILES string of the molecule is Cc1cccc(-c2noc(CCC(=O)NCc3ccc(F)cc3)n2)c1. The average molecular weight is 339 g/mol. The van der Waals surface area contributed by atoms with Gasteiger partial charge in [0, 0.05) is 24.9 Å². The van der Waals surface area contributed by atoms with Gasteiger partial charge in [-0.1, -0.05) is 41.1 Å². The Morgan fingerprint density at radius 2 is 2.00 bits per heavy atom. The van der Waals surface area contributed by atoms with Crippen LogP contribution in [0.2, 0.25) is 0 Å². The van der Waals surface area contributed by atoms with Crippen LogP contribution >= 0.6 is 0 Å². The number of hydrogen-bond donors (Lipinski definition) is 1. The number of aromatic nitrogens is 2. The van der Waals surface area contributed by atoms with Crippen LogP contribution in [0.1, 0.15) is 23.4 Å². The predicted octanol–water partition coefficient (Wildman–Crippen LogP) is 3.43. The molecule has 0 spiro atoms. The Balaban J connectivity index is 1.50. The summed E-state index contributed by atoms with van der Waals surface area (Å²) in [6.45, 7) is 2.35. The van der Waals surface area contributed by atoms with Crippen LogP contribution in [0, 0.1) is 12.7 Å². The summed E-state index contributed by atoms with van der Waals surface area (Å²) >= 11 is 0. The molecule has 0 aliphatic rings. The summed E-state index contributed by atoms with van der Waals surface area (Å²) in [6, 6.07) is 13.8. The molecular formula is C19H18FN3O2. The highest BCUT2D eigenvalue weighted by Gasteiger charge is 2.10. The number of aryl methyl sites for hydroxylation is 2. The van der Waals surface area contributed by atoms with E-state index in [4.69, 9.17) is 4.52 Å². The predicted molar refractivity (Wildman–Crippen MR) is 91.0 cm³/mol. The lowest BCUT2D eigenvalue weighted by atomic mass is 10.1. The second-order valence-electron chi connectivity index (χ2n) is 5.78. The Labute approximate surface area is 144 Å². The molecule has 0 atom stereocenters. The number of benzene rings is 2. The molecule has 0 fully saturated rings. The molecule has 0 saturated carbocycles. The Hall–Kier alpha value is -3.02. The fraction of sp³-hybridized carbons (Fsp3) is 0.211. The molecule has 1 N–H and O–H groups in total. The number of amides is 1. The molecule has 6 heteroatoms. The zero-order valence-electron chi connectivity index (χ0n) is 13.8. The van der Waals surface area contributed by atoms with Crippen LogP contribution < -0.4 is 5.32 Å². The van der Waals surface area contributed by atoms with Crippen molar-refractivity contribution in [1.82, 2.24) is 15.5 Å². The molecule has 0 radical (unpaired) electrons. The summed E-state index contributed by atoms with van der Waals surface area (Å²) in [5, 5.41) is 6.74. The zero-order valence-corrected chi connectivity index (χ0v) is 13.8. The van der Waals surface area contributed by atoms with Gasteiger partial charge in [-0.15, -0.1) is 0 Å². The molecule has 128 valence electrons. The fourth-order valence-corrected chi connectivity index (χ4v) is 2.37. The third kappa shape index (κ3) is 4.73. The Bertz CT molecular complexity index is 859. The van der Waals surface area contributed by atoms with Crippen molar-refractivity contribution in [2.24, 2.45) is 0 Å². The molecule has 0 aliphatic heterocycles. The maximum absolute atomic E-state index is 12.8. The van der Waals surface area contributed by atoms with Crippen LogP contribution in [0.25, 0.3) is 11.4 Å². The van der Waals surface area contributed by atoms with Gasteiger partial charge < -0.3 is 9.84 Å². The lowest BCUT2D eigenvalue weighted by Gasteiger charge is -2.04. The number of carbonyl (C=O) groups is 1. The first-order valence-corrected chi connectivity index (χ1v) is 8.01. The smallest absolute Gasteiger partial charge is 0.227 e. The Morgan fingerprint density at radius 1 is 1.20 bits per heavy atom. The highest BCUT2D eigenvalue weighted by Crippen LogP contribution is 2.17. The van der Waals surface area contributed by atoms with Crippen molar-refractivity contribution in [1.29, 1.82) is 0 Å². The number of halogens is 1. The second-order valence-corrected chi connectivity index (χ2v) is 5.78. The van der Waals surface area contributed by atoms with E-state index in [1.807, 2.05) is 31.2 Å². The highest BCUT2D eigenvalue weighted by molar-refractivity contribution is 5.76. The molecule has 0 saturated heterocycles. The van der Waals surface area contributed by atoms with Crippen LogP contribution in [0.15, 0.2) is 53.1 Å². The second kappa shape index (κ2) is 7.70. The lowest BCUT2D eigenvalue weighted by Crippen LogP contribution is -2.23. The van der Waals surface area contributed by atoms with E-state index in [0.29, 0.717) is 24.7 Å². The van der Waals surface area contributed by atoms with E-state index >= 15 is 0 Å². The molecule has 3 aromatic rings. The molecule has 0 bridgehead atoms. The van der Waals surface area contributed by atoms with E-state index < -0.39 is 0 Å². The number of hydrogen-bond acceptors (Lipinski definition) is 4. The van der Waals surface area contributed by atoms with Crippen molar-refractivity contribution in [3.63, 3.8) is 0 Å². The summed E-state index contributed by atoms with van der Waals surface area (Å²) in [4.78, 5) is 16.2. The minimum Gasteiger partial charge on any atom is -0.352 e. The van der Waals surface area contributed by atoms with Crippen LogP contribution in [-0.4, -0.2) is 16.0 Å². The van der Waals surface area contributed by atoms with E-state index in [1.54, 1.807) is 12.1 Å². The van der Waals surface area contributed by atoms with Gasteiger partial charge in [0.15, 0.2) is 0 Å². The van der Waals surface area contributed by atoms with E-state index in [-0.39, 0.29) is 18.1 Å². The number of nitrogens with one attached hydrogen (secondary N) is 1. The maximum atomic E-state index is 12.8. The van der Waals surface area contributed by atoms with Gasteiger partial charge in [0.25, 0.3) is 0 Å². The van der Waals surface area contributed by atoms with Crippen molar-refractivity contribution in [3.05, 3.63) is 71.4 Å². The zero-order chi connectivity index (χ0) is 17.6. The van der Waals surface area contributed by atoms with Gasteiger partial charge in [-0.2, -0.15) is 4.98 Å². The summed E-state index contributed by atoms with van der Waals surface area (Å²) in [5.74, 6) is 0.523. The first kappa shape index (κ1) is 16.8. The first-order chi connectivity index (χ1) is 12.1. The molecule has 2 aromatic carbocycles. The summed E-state index contributed by atoms with van der Waals surface area (Å²) < 4.78 is 18.0. The molecule has 5 nitrogen and oxygen atoms in total. The Kier molecular flexibility index (Phi) is 5.18. The van der Waals surface area contributed by atoms with Gasteiger partial charge in [-0.25, -0.2) is 4.39 Å². The van der Waals surface area contributed by atoms with E-state index in [9.17, 15) is 9.18 Å². The fourth-order valence-electron chi connectivity index (χ4n) is 2.37. The molecule has 1 heterocycles. The number of carbonyl (C=O) groups excluding carboxylic acids is 1. The van der Waals surface area contributed by atoms with Gasteiger partial charge in [0.05, 0.1) is 0 Å². The third-order valence-electron chi connectivity index (χ3n) is 3.71.